The van der Waals surface area contributed by atoms with Crippen LogP contribution in [-0.4, -0.2) is 150 Å². The third kappa shape index (κ3) is 19.9. The van der Waals surface area contributed by atoms with Gasteiger partial charge in [0.05, 0.1) is 63.3 Å². The van der Waals surface area contributed by atoms with Gasteiger partial charge < -0.3 is 48.7 Å². The lowest BCUT2D eigenvalue weighted by Gasteiger charge is -2.29. The van der Waals surface area contributed by atoms with Crippen LogP contribution < -0.4 is 15.4 Å². The molecule has 4 rings (SSSR count). The van der Waals surface area contributed by atoms with Crippen molar-refractivity contribution in [3.05, 3.63) is 76.3 Å². The number of carbonyl (C=O) groups excluding carboxylic acids is 4. The molecule has 1 saturated heterocycles. The lowest BCUT2D eigenvalue weighted by Crippen LogP contribution is -2.51. The third-order valence-corrected chi connectivity index (χ3v) is 12.1. The van der Waals surface area contributed by atoms with Crippen molar-refractivity contribution in [3.8, 4) is 5.75 Å². The molecule has 2 amide bonds. The molecule has 2 heterocycles. The van der Waals surface area contributed by atoms with Crippen molar-refractivity contribution in [2.45, 2.75) is 109 Å². The number of nitrogens with zero attached hydrogens (tertiary/aromatic N) is 2. The Morgan fingerprint density at radius 3 is 2.10 bits per heavy atom. The van der Waals surface area contributed by atoms with Gasteiger partial charge in [0, 0.05) is 56.2 Å². The van der Waals surface area contributed by atoms with Crippen LogP contribution >= 0.6 is 24.2 Å². The van der Waals surface area contributed by atoms with Gasteiger partial charge in [-0.25, -0.2) is 4.79 Å². The molecule has 0 radical (unpaired) electrons. The normalized spacial score (nSPS) is 22.7. The summed E-state index contributed by atoms with van der Waals surface area (Å²) in [5.41, 5.74) is 1.60. The van der Waals surface area contributed by atoms with E-state index >= 15 is 0 Å². The summed E-state index contributed by atoms with van der Waals surface area (Å²) in [6.07, 6.45) is 1.05. The number of likely N-dealkylation sites (N-methyl/N-ethyl adjacent to an activating group) is 2. The average molecular weight is 990 g/mol. The zero-order chi connectivity index (χ0) is 50.0. The summed E-state index contributed by atoms with van der Waals surface area (Å²) in [5.74, 6) is -2.21. The van der Waals surface area contributed by atoms with Gasteiger partial charge in [-0.1, -0.05) is 68.8 Å². The Morgan fingerprint density at radius 2 is 1.50 bits per heavy atom. The fourth-order valence-corrected chi connectivity index (χ4v) is 8.27. The molecule has 0 bridgehead atoms. The minimum absolute atomic E-state index is 0.00570. The maximum Gasteiger partial charge on any atom is 0.347 e. The quantitative estimate of drug-likeness (QED) is 0.0469. The summed E-state index contributed by atoms with van der Waals surface area (Å²) in [7, 11) is 5.63. The number of ether oxygens (including phenoxy) is 7. The Bertz CT molecular complexity index is 1950. The van der Waals surface area contributed by atoms with Gasteiger partial charge in [0.1, 0.15) is 24.0 Å². The molecule has 6 atom stereocenters. The molecule has 0 saturated carbocycles. The molecule has 68 heavy (non-hydrogen) atoms. The minimum Gasteiger partial charge on any atom is -0.495 e. The van der Waals surface area contributed by atoms with Crippen LogP contribution in [0.4, 0.5) is 0 Å². The van der Waals surface area contributed by atoms with E-state index < -0.39 is 47.4 Å². The Hall–Kier alpha value is -3.74. The number of carbonyl (C=O) groups is 4. The van der Waals surface area contributed by atoms with Crippen LogP contribution in [0.1, 0.15) is 84.1 Å². The zero-order valence-corrected chi connectivity index (χ0v) is 43.5. The summed E-state index contributed by atoms with van der Waals surface area (Å²) in [5, 5.41) is 5.95. The highest BCUT2D eigenvalue weighted by atomic mass is 35.5. The Kier molecular flexibility index (Phi) is 23.1. The summed E-state index contributed by atoms with van der Waals surface area (Å²) in [4.78, 5) is 58.9. The Balaban J connectivity index is 1.32. The number of halogens is 1. The fourth-order valence-electron chi connectivity index (χ4n) is 7.75. The van der Waals surface area contributed by atoms with E-state index in [4.69, 9.17) is 44.8 Å². The fraction of sp³-hybridized carbons (Fsp3) is 0.647. The maximum atomic E-state index is 13.9. The van der Waals surface area contributed by atoms with E-state index in [1.165, 1.54) is 13.2 Å². The summed E-state index contributed by atoms with van der Waals surface area (Å²) in [6.45, 7) is 19.7. The SMILES string of the molecule is COc1ccc(C[C@H]2NC(=O)/C=C/C[C@@H]([C@H](C)[C@H]3O[C@@H]3c3ccc(CN(C)CCOCCOCCOCCN(C)CC(C)(C)S)cc3)OC(=O)[C@H](CC(C)C)OC(=O)C(C)(C)CNC2=O)cc1Cl. The van der Waals surface area contributed by atoms with Crippen molar-refractivity contribution in [1.82, 2.24) is 20.4 Å². The number of epoxide rings is 1. The first kappa shape index (κ1) is 56.8. The van der Waals surface area contributed by atoms with Crippen LogP contribution in [0.25, 0.3) is 0 Å². The second-order valence-corrected chi connectivity index (χ2v) is 21.3. The third-order valence-electron chi connectivity index (χ3n) is 11.7. The highest BCUT2D eigenvalue weighted by Crippen LogP contribution is 2.45. The van der Waals surface area contributed by atoms with Crippen molar-refractivity contribution in [2.75, 3.05) is 87.0 Å². The smallest absolute Gasteiger partial charge is 0.347 e. The Morgan fingerprint density at radius 1 is 0.882 bits per heavy atom. The number of cyclic esters (lactones) is 2. The monoisotopic (exact) mass is 988 g/mol. The number of hydrogen-bond acceptors (Lipinski definition) is 14. The van der Waals surface area contributed by atoms with Crippen LogP contribution in [0.15, 0.2) is 54.6 Å². The van der Waals surface area contributed by atoms with Crippen molar-refractivity contribution >= 4 is 48.0 Å². The second-order valence-electron chi connectivity index (χ2n) is 19.7. The lowest BCUT2D eigenvalue weighted by molar-refractivity contribution is -0.179. The standard InChI is InChI=1S/C51H77ClN4O11S/c1-34(2)28-43-48(59)65-41(12-11-13-44(57)54-40(30-37-16-19-42(61-10)39(52)29-37)47(58)53-32-50(4,5)49(60)66-43)35(3)45-46(67-45)38-17-14-36(15-18-38)31-55(8)20-22-62-24-26-64-27-25-63-23-21-56(9)33-51(6,7)68/h11,13-19,29,34-35,40-41,43,45-46,68H,12,20-28,30-33H2,1-10H3,(H,53,58)(H,54,57)/b13-11+/t35-,40+,41-,43-,45+,46+/m0/s1. The van der Waals surface area contributed by atoms with E-state index in [2.05, 4.69) is 85.3 Å². The number of rotatable bonds is 24. The van der Waals surface area contributed by atoms with Crippen molar-refractivity contribution in [3.63, 3.8) is 0 Å². The number of benzene rings is 2. The van der Waals surface area contributed by atoms with Gasteiger partial charge in [0.2, 0.25) is 11.8 Å². The van der Waals surface area contributed by atoms with Gasteiger partial charge in [-0.15, -0.1) is 0 Å². The first-order chi connectivity index (χ1) is 32.1. The van der Waals surface area contributed by atoms with Gasteiger partial charge >= 0.3 is 11.9 Å². The largest absolute Gasteiger partial charge is 0.495 e. The summed E-state index contributed by atoms with van der Waals surface area (Å²) < 4.78 is 40.6. The molecular formula is C51H77ClN4O11S. The number of amides is 2. The van der Waals surface area contributed by atoms with Gasteiger partial charge in [-0.3, -0.25) is 19.3 Å². The number of thiol groups is 1. The molecule has 0 spiro atoms. The van der Waals surface area contributed by atoms with Crippen LogP contribution in [0.2, 0.25) is 5.02 Å². The molecule has 0 aliphatic carbocycles. The molecule has 1 fully saturated rings. The van der Waals surface area contributed by atoms with Crippen molar-refractivity contribution in [1.29, 1.82) is 0 Å². The topological polar surface area (TPSA) is 167 Å². The van der Waals surface area contributed by atoms with Crippen LogP contribution in [-0.2, 0) is 60.6 Å². The molecule has 2 N–H and O–H groups in total. The number of esters is 2. The van der Waals surface area contributed by atoms with Crippen LogP contribution in [0.5, 0.6) is 5.75 Å². The van der Waals surface area contributed by atoms with Gasteiger partial charge in [0.25, 0.3) is 0 Å². The molecule has 2 aromatic rings. The number of hydrogen-bond donors (Lipinski definition) is 3. The molecule has 2 aliphatic rings. The predicted octanol–water partition coefficient (Wildman–Crippen LogP) is 6.25. The first-order valence-electron chi connectivity index (χ1n) is 23.7. The second kappa shape index (κ2) is 27.6. The van der Waals surface area contributed by atoms with Crippen LogP contribution in [0, 0.1) is 17.3 Å². The molecule has 2 aliphatic heterocycles. The molecule has 17 heteroatoms. The summed E-state index contributed by atoms with van der Waals surface area (Å²) in [6, 6.07) is 12.4. The molecule has 2 aromatic carbocycles. The van der Waals surface area contributed by atoms with Gasteiger partial charge in [-0.05, 0) is 89.0 Å². The number of nitrogens with one attached hydrogen (secondary N) is 2. The maximum absolute atomic E-state index is 13.9. The van der Waals surface area contributed by atoms with Gasteiger partial charge in [-0.2, -0.15) is 12.6 Å². The molecular weight excluding hydrogens is 912 g/mol. The van der Waals surface area contributed by atoms with E-state index in [0.717, 1.165) is 37.3 Å². The van der Waals surface area contributed by atoms with E-state index in [1.54, 1.807) is 38.1 Å². The van der Waals surface area contributed by atoms with Crippen LogP contribution in [0.3, 0.4) is 0 Å². The molecule has 15 nitrogen and oxygen atoms in total. The van der Waals surface area contributed by atoms with Gasteiger partial charge in [0.15, 0.2) is 6.10 Å². The first-order valence-corrected chi connectivity index (χ1v) is 24.5. The molecule has 380 valence electrons. The Labute approximate surface area is 415 Å². The lowest BCUT2D eigenvalue weighted by atomic mass is 9.92. The van der Waals surface area contributed by atoms with Crippen molar-refractivity contribution in [2.24, 2.45) is 17.3 Å². The van der Waals surface area contributed by atoms with E-state index in [1.807, 2.05) is 20.8 Å². The van der Waals surface area contributed by atoms with E-state index in [9.17, 15) is 19.2 Å². The number of methoxy groups -OCH3 is 1. The minimum atomic E-state index is -1.23. The average Bonchev–Trinajstić information content (AvgIpc) is 4.07. The zero-order valence-electron chi connectivity index (χ0n) is 41.8. The highest BCUT2D eigenvalue weighted by Gasteiger charge is 2.48. The van der Waals surface area contributed by atoms with E-state index in [0.29, 0.717) is 56.0 Å². The highest BCUT2D eigenvalue weighted by molar-refractivity contribution is 7.81. The van der Waals surface area contributed by atoms with E-state index in [-0.39, 0.29) is 54.6 Å². The van der Waals surface area contributed by atoms with Crippen molar-refractivity contribution < 1.29 is 52.3 Å². The molecule has 0 unspecified atom stereocenters. The molecule has 0 aromatic heterocycles. The summed E-state index contributed by atoms with van der Waals surface area (Å²) >= 11 is 11.0. The predicted molar refractivity (Wildman–Crippen MR) is 266 cm³/mol.